The van der Waals surface area contributed by atoms with E-state index in [0.29, 0.717) is 6.61 Å². The lowest BCUT2D eigenvalue weighted by atomic mass is 10.1. The molecule has 1 fully saturated rings. The van der Waals surface area contributed by atoms with Crippen LogP contribution in [-0.4, -0.2) is 25.5 Å². The molecule has 2 nitrogen and oxygen atoms in total. The Bertz CT molecular complexity index is 433. The van der Waals surface area contributed by atoms with E-state index in [1.807, 2.05) is 0 Å². The van der Waals surface area contributed by atoms with E-state index in [-0.39, 0.29) is 28.3 Å². The lowest BCUT2D eigenvalue weighted by molar-refractivity contribution is -0.224. The van der Waals surface area contributed by atoms with Crippen molar-refractivity contribution in [3.63, 3.8) is 0 Å². The van der Waals surface area contributed by atoms with Crippen LogP contribution in [0.2, 0.25) is 10.0 Å². The Hall–Kier alpha value is -0.490. The van der Waals surface area contributed by atoms with Crippen molar-refractivity contribution in [3.8, 4) is 0 Å². The minimum absolute atomic E-state index is 0.0680. The van der Waals surface area contributed by atoms with Crippen LogP contribution in [0.5, 0.6) is 0 Å². The molecule has 100 valence electrons. The molecule has 2 atom stereocenters. The van der Waals surface area contributed by atoms with Gasteiger partial charge in [0.25, 0.3) is 0 Å². The quantitative estimate of drug-likeness (QED) is 0.784. The Morgan fingerprint density at radius 3 is 2.56 bits per heavy atom. The maximum absolute atomic E-state index is 12.9. The molecule has 1 aliphatic rings. The Labute approximate surface area is 112 Å². The molecule has 0 radical (unpaired) electrons. The van der Waals surface area contributed by atoms with Gasteiger partial charge in [0, 0.05) is 15.6 Å². The highest BCUT2D eigenvalue weighted by molar-refractivity contribution is 6.35. The summed E-state index contributed by atoms with van der Waals surface area (Å²) in [5.74, 6) is 0. The van der Waals surface area contributed by atoms with Gasteiger partial charge in [-0.3, -0.25) is 0 Å². The summed E-state index contributed by atoms with van der Waals surface area (Å²) >= 11 is 11.4. The molecule has 18 heavy (non-hydrogen) atoms. The number of halogens is 5. The predicted octanol–water partition coefficient (Wildman–Crippen LogP) is 4.01. The summed E-state index contributed by atoms with van der Waals surface area (Å²) < 4.78 is 48.4. The van der Waals surface area contributed by atoms with Gasteiger partial charge in [0.1, 0.15) is 6.10 Å². The Balaban J connectivity index is 2.20. The Morgan fingerprint density at radius 2 is 2.06 bits per heavy atom. The highest BCUT2D eigenvalue weighted by Gasteiger charge is 2.44. The van der Waals surface area contributed by atoms with Gasteiger partial charge in [0.05, 0.1) is 13.2 Å². The smallest absolute Gasteiger partial charge is 0.371 e. The summed E-state index contributed by atoms with van der Waals surface area (Å²) in [5.41, 5.74) is -0.144. The van der Waals surface area contributed by atoms with Crippen molar-refractivity contribution < 1.29 is 22.6 Å². The number of benzene rings is 1. The lowest BCUT2D eigenvalue weighted by Gasteiger charge is -2.21. The predicted molar refractivity (Wildman–Crippen MR) is 61.0 cm³/mol. The molecular weight excluding hydrogens is 292 g/mol. The highest BCUT2D eigenvalue weighted by atomic mass is 35.5. The van der Waals surface area contributed by atoms with E-state index in [1.165, 1.54) is 18.2 Å². The van der Waals surface area contributed by atoms with Gasteiger partial charge in [-0.2, -0.15) is 13.2 Å². The van der Waals surface area contributed by atoms with Crippen LogP contribution in [0.3, 0.4) is 0 Å². The van der Waals surface area contributed by atoms with Gasteiger partial charge in [-0.15, -0.1) is 0 Å². The first kappa shape index (κ1) is 13.9. The largest absolute Gasteiger partial charge is 0.418 e. The molecule has 0 amide bonds. The van der Waals surface area contributed by atoms with Crippen LogP contribution in [0.1, 0.15) is 11.7 Å². The minimum atomic E-state index is -4.54. The molecule has 2 rings (SSSR count). The van der Waals surface area contributed by atoms with E-state index in [9.17, 15) is 13.2 Å². The molecule has 1 aliphatic heterocycles. The van der Waals surface area contributed by atoms with E-state index < -0.39 is 12.3 Å². The van der Waals surface area contributed by atoms with E-state index in [0.717, 1.165) is 0 Å². The first-order valence-electron chi connectivity index (χ1n) is 5.13. The van der Waals surface area contributed by atoms with Crippen LogP contribution in [0.15, 0.2) is 18.2 Å². The number of hydrogen-bond donors (Lipinski definition) is 0. The highest BCUT2D eigenvalue weighted by Crippen LogP contribution is 2.40. The second-order valence-corrected chi connectivity index (χ2v) is 4.72. The van der Waals surface area contributed by atoms with Gasteiger partial charge >= 0.3 is 6.18 Å². The number of alkyl halides is 3. The Morgan fingerprint density at radius 1 is 1.39 bits per heavy atom. The third kappa shape index (κ3) is 3.51. The summed E-state index contributed by atoms with van der Waals surface area (Å²) in [7, 11) is 0. The van der Waals surface area contributed by atoms with Gasteiger partial charge in [-0.25, -0.2) is 0 Å². The summed E-state index contributed by atoms with van der Waals surface area (Å²) in [5, 5.41) is 0.205. The van der Waals surface area contributed by atoms with Crippen molar-refractivity contribution in [2.24, 2.45) is 0 Å². The van der Waals surface area contributed by atoms with Crippen molar-refractivity contribution in [2.75, 3.05) is 13.2 Å². The fourth-order valence-corrected chi connectivity index (χ4v) is 1.95. The van der Waals surface area contributed by atoms with Gasteiger partial charge in [-0.05, 0) is 12.1 Å². The number of hydrogen-bond acceptors (Lipinski definition) is 2. The van der Waals surface area contributed by atoms with Gasteiger partial charge in [0.15, 0.2) is 6.10 Å². The Kier molecular flexibility index (Phi) is 4.06. The maximum atomic E-state index is 12.9. The van der Waals surface area contributed by atoms with Crippen molar-refractivity contribution >= 4 is 23.2 Å². The summed E-state index contributed by atoms with van der Waals surface area (Å²) in [6, 6.07) is 3.82. The van der Waals surface area contributed by atoms with Crippen molar-refractivity contribution in [2.45, 2.75) is 18.4 Å². The molecule has 0 N–H and O–H groups in total. The molecule has 0 bridgehead atoms. The van der Waals surface area contributed by atoms with Gasteiger partial charge < -0.3 is 9.47 Å². The zero-order chi connectivity index (χ0) is 13.3. The van der Waals surface area contributed by atoms with Crippen LogP contribution < -0.4 is 0 Å². The van der Waals surface area contributed by atoms with Crippen LogP contribution in [-0.2, 0) is 9.47 Å². The third-order valence-electron chi connectivity index (χ3n) is 2.39. The van der Waals surface area contributed by atoms with E-state index >= 15 is 0 Å². The van der Waals surface area contributed by atoms with Crippen molar-refractivity contribution in [1.82, 2.24) is 0 Å². The fourth-order valence-electron chi connectivity index (χ4n) is 1.44. The molecule has 1 saturated heterocycles. The average molecular weight is 301 g/mol. The summed E-state index contributed by atoms with van der Waals surface area (Å²) in [6.45, 7) is 0.321. The molecule has 0 unspecified atom stereocenters. The molecule has 0 aromatic heterocycles. The molecule has 0 aliphatic carbocycles. The van der Waals surface area contributed by atoms with Crippen molar-refractivity contribution in [3.05, 3.63) is 33.8 Å². The minimum Gasteiger partial charge on any atom is -0.371 e. The molecule has 0 spiro atoms. The number of rotatable bonds is 4. The van der Waals surface area contributed by atoms with Gasteiger partial charge in [0.2, 0.25) is 0 Å². The molecule has 0 saturated carbocycles. The molecule has 7 heteroatoms. The zero-order valence-corrected chi connectivity index (χ0v) is 10.5. The standard InChI is InChI=1S/C11H9Cl2F3O2/c12-6-1-2-8(9(13)3-6)10(11(14,15)16)18-5-7-4-17-7/h1-3,7,10H,4-5H2/t7-,10+/m0/s1. The van der Waals surface area contributed by atoms with Crippen molar-refractivity contribution in [1.29, 1.82) is 0 Å². The fraction of sp³-hybridized carbons (Fsp3) is 0.455. The molecule has 1 aromatic carbocycles. The van der Waals surface area contributed by atoms with E-state index in [4.69, 9.17) is 32.7 Å². The zero-order valence-electron chi connectivity index (χ0n) is 9.01. The summed E-state index contributed by atoms with van der Waals surface area (Å²) in [6.07, 6.45) is -6.85. The lowest BCUT2D eigenvalue weighted by Crippen LogP contribution is -2.25. The third-order valence-corrected chi connectivity index (χ3v) is 2.96. The second-order valence-electron chi connectivity index (χ2n) is 3.88. The van der Waals surface area contributed by atoms with Crippen LogP contribution in [0.25, 0.3) is 0 Å². The maximum Gasteiger partial charge on any atom is 0.418 e. The molecular formula is C11H9Cl2F3O2. The monoisotopic (exact) mass is 300 g/mol. The average Bonchev–Trinajstić information content (AvgIpc) is 3.03. The molecule has 1 heterocycles. The normalized spacial score (nSPS) is 20.8. The van der Waals surface area contributed by atoms with Gasteiger partial charge in [-0.1, -0.05) is 29.3 Å². The summed E-state index contributed by atoms with van der Waals surface area (Å²) in [4.78, 5) is 0. The number of ether oxygens (including phenoxy) is 2. The first-order valence-corrected chi connectivity index (χ1v) is 5.88. The first-order chi connectivity index (χ1) is 8.38. The van der Waals surface area contributed by atoms with Crippen LogP contribution >= 0.6 is 23.2 Å². The van der Waals surface area contributed by atoms with E-state index in [2.05, 4.69) is 0 Å². The number of epoxide rings is 1. The SMILES string of the molecule is FC(F)(F)[C@H](OC[C@@H]1CO1)c1ccc(Cl)cc1Cl. The van der Waals surface area contributed by atoms with E-state index in [1.54, 1.807) is 0 Å². The second kappa shape index (κ2) is 5.25. The topological polar surface area (TPSA) is 21.8 Å². The van der Waals surface area contributed by atoms with Crippen LogP contribution in [0, 0.1) is 0 Å². The molecule has 1 aromatic rings. The van der Waals surface area contributed by atoms with Crippen LogP contribution in [0.4, 0.5) is 13.2 Å².